The van der Waals surface area contributed by atoms with Crippen molar-refractivity contribution in [3.8, 4) is 0 Å². The Kier molecular flexibility index (Phi) is 2.45. The van der Waals surface area contributed by atoms with Gasteiger partial charge < -0.3 is 4.74 Å². The van der Waals surface area contributed by atoms with E-state index in [1.807, 2.05) is 13.0 Å². The Labute approximate surface area is 108 Å². The maximum atomic E-state index is 11.9. The number of carbonyl (C=O) groups excluding carboxylic acids is 2. The molecule has 0 bridgehead atoms. The lowest BCUT2D eigenvalue weighted by Crippen LogP contribution is -2.46. The fraction of sp³-hybridized carbons (Fsp3) is 0.733. The molecule has 0 amide bonds. The number of ether oxygens (including phenoxy) is 1. The van der Waals surface area contributed by atoms with Crippen LogP contribution in [0.2, 0.25) is 0 Å². The van der Waals surface area contributed by atoms with Crippen molar-refractivity contribution in [2.45, 2.75) is 45.6 Å². The normalized spacial score (nSPS) is 46.2. The summed E-state index contributed by atoms with van der Waals surface area (Å²) in [6, 6.07) is 0. The van der Waals surface area contributed by atoms with Crippen molar-refractivity contribution in [3.05, 3.63) is 11.6 Å². The van der Waals surface area contributed by atoms with Gasteiger partial charge in [-0.3, -0.25) is 9.59 Å². The van der Waals surface area contributed by atoms with E-state index in [1.54, 1.807) is 6.92 Å². The van der Waals surface area contributed by atoms with Crippen LogP contribution in [-0.4, -0.2) is 17.4 Å². The Morgan fingerprint density at radius 1 is 1.33 bits per heavy atom. The van der Waals surface area contributed by atoms with Gasteiger partial charge in [-0.15, -0.1) is 0 Å². The molecule has 18 heavy (non-hydrogen) atoms. The van der Waals surface area contributed by atoms with Crippen LogP contribution in [0.5, 0.6) is 0 Å². The molecule has 0 N–H and O–H groups in total. The van der Waals surface area contributed by atoms with Crippen LogP contribution >= 0.6 is 0 Å². The predicted molar refractivity (Wildman–Crippen MR) is 66.7 cm³/mol. The van der Waals surface area contributed by atoms with Crippen molar-refractivity contribution in [2.24, 2.45) is 23.7 Å². The third-order valence-electron chi connectivity index (χ3n) is 5.32. The average molecular weight is 248 g/mol. The SMILES string of the molecule is CC(=O)C1=C[C@@]23OC(=O)[C@H](C)[C@H]2CC[C@@H](C)[C@H]3C1. The van der Waals surface area contributed by atoms with Gasteiger partial charge in [-0.2, -0.15) is 0 Å². The monoisotopic (exact) mass is 248 g/mol. The molecular formula is C15H20O3. The van der Waals surface area contributed by atoms with Crippen LogP contribution in [0.1, 0.15) is 40.0 Å². The molecule has 2 aliphatic carbocycles. The summed E-state index contributed by atoms with van der Waals surface area (Å²) < 4.78 is 5.77. The van der Waals surface area contributed by atoms with E-state index in [4.69, 9.17) is 4.74 Å². The largest absolute Gasteiger partial charge is 0.454 e. The van der Waals surface area contributed by atoms with E-state index in [9.17, 15) is 9.59 Å². The van der Waals surface area contributed by atoms with E-state index in [1.165, 1.54) is 0 Å². The maximum absolute atomic E-state index is 11.9. The second-order valence-corrected chi connectivity index (χ2v) is 6.26. The molecule has 1 heterocycles. The van der Waals surface area contributed by atoms with Crippen LogP contribution in [0.15, 0.2) is 11.6 Å². The summed E-state index contributed by atoms with van der Waals surface area (Å²) in [6.07, 6.45) is 4.94. The van der Waals surface area contributed by atoms with Crippen molar-refractivity contribution in [2.75, 3.05) is 0 Å². The van der Waals surface area contributed by atoms with Crippen LogP contribution in [0.25, 0.3) is 0 Å². The zero-order valence-corrected chi connectivity index (χ0v) is 11.2. The molecule has 0 aromatic heterocycles. The average Bonchev–Trinajstić information content (AvgIpc) is 2.79. The van der Waals surface area contributed by atoms with Crippen LogP contribution in [0.3, 0.4) is 0 Å². The quantitative estimate of drug-likeness (QED) is 0.670. The van der Waals surface area contributed by atoms with Gasteiger partial charge in [0.05, 0.1) is 5.92 Å². The van der Waals surface area contributed by atoms with Crippen LogP contribution in [-0.2, 0) is 14.3 Å². The Balaban J connectivity index is 2.06. The zero-order valence-electron chi connectivity index (χ0n) is 11.2. The Bertz CT molecular complexity index is 451. The topological polar surface area (TPSA) is 43.4 Å². The van der Waals surface area contributed by atoms with Crippen LogP contribution < -0.4 is 0 Å². The highest BCUT2D eigenvalue weighted by molar-refractivity contribution is 5.94. The van der Waals surface area contributed by atoms with Gasteiger partial charge in [0.25, 0.3) is 0 Å². The fourth-order valence-corrected chi connectivity index (χ4v) is 4.23. The molecule has 1 spiro atoms. The molecule has 1 aliphatic heterocycles. The van der Waals surface area contributed by atoms with Gasteiger partial charge in [0.1, 0.15) is 5.60 Å². The fourth-order valence-electron chi connectivity index (χ4n) is 4.23. The highest BCUT2D eigenvalue weighted by Gasteiger charge is 2.62. The molecule has 1 saturated carbocycles. The van der Waals surface area contributed by atoms with E-state index >= 15 is 0 Å². The number of rotatable bonds is 1. The molecule has 3 heteroatoms. The molecular weight excluding hydrogens is 228 g/mol. The smallest absolute Gasteiger partial charge is 0.309 e. The molecule has 0 unspecified atom stereocenters. The standard InChI is InChI=1S/C15H20O3/c1-8-4-5-12-9(2)14(17)18-15(12)7-11(10(3)16)6-13(8)15/h7-9,12-13H,4-6H2,1-3H3/t8-,9-,12-,13-,15-/m1/s1. The van der Waals surface area contributed by atoms with Crippen molar-refractivity contribution in [3.63, 3.8) is 0 Å². The first-order chi connectivity index (χ1) is 8.45. The summed E-state index contributed by atoms with van der Waals surface area (Å²) in [4.78, 5) is 23.6. The number of hydrogen-bond acceptors (Lipinski definition) is 3. The van der Waals surface area contributed by atoms with Crippen molar-refractivity contribution >= 4 is 11.8 Å². The van der Waals surface area contributed by atoms with E-state index in [-0.39, 0.29) is 23.6 Å². The molecule has 0 aromatic carbocycles. The highest BCUT2D eigenvalue weighted by atomic mass is 16.6. The van der Waals surface area contributed by atoms with Crippen LogP contribution in [0, 0.1) is 23.7 Å². The van der Waals surface area contributed by atoms with Gasteiger partial charge in [0.2, 0.25) is 0 Å². The Morgan fingerprint density at radius 2 is 2.06 bits per heavy atom. The van der Waals surface area contributed by atoms with Gasteiger partial charge in [0, 0.05) is 11.8 Å². The summed E-state index contributed by atoms with van der Waals surface area (Å²) in [7, 11) is 0. The molecule has 2 fully saturated rings. The number of allylic oxidation sites excluding steroid dienone is 1. The summed E-state index contributed by atoms with van der Waals surface area (Å²) in [5.74, 6) is 1.11. The first-order valence-corrected chi connectivity index (χ1v) is 6.91. The summed E-state index contributed by atoms with van der Waals surface area (Å²) in [5.41, 5.74) is 0.399. The lowest BCUT2D eigenvalue weighted by atomic mass is 9.63. The van der Waals surface area contributed by atoms with Gasteiger partial charge in [-0.25, -0.2) is 0 Å². The Morgan fingerprint density at radius 3 is 2.72 bits per heavy atom. The lowest BCUT2D eigenvalue weighted by molar-refractivity contribution is -0.153. The van der Waals surface area contributed by atoms with E-state index in [2.05, 4.69) is 6.92 Å². The number of hydrogen-bond donors (Lipinski definition) is 0. The summed E-state index contributed by atoms with van der Waals surface area (Å²) in [6.45, 7) is 5.80. The molecule has 3 aliphatic rings. The van der Waals surface area contributed by atoms with E-state index in [0.717, 1.165) is 24.8 Å². The van der Waals surface area contributed by atoms with E-state index in [0.29, 0.717) is 11.8 Å². The molecule has 5 atom stereocenters. The van der Waals surface area contributed by atoms with Gasteiger partial charge in [-0.05, 0) is 43.8 Å². The minimum atomic E-state index is -0.463. The van der Waals surface area contributed by atoms with Crippen molar-refractivity contribution < 1.29 is 14.3 Å². The lowest BCUT2D eigenvalue weighted by Gasteiger charge is -2.43. The van der Waals surface area contributed by atoms with Crippen molar-refractivity contribution in [1.82, 2.24) is 0 Å². The third kappa shape index (κ3) is 1.36. The van der Waals surface area contributed by atoms with Gasteiger partial charge in [0.15, 0.2) is 5.78 Å². The molecule has 0 aromatic rings. The summed E-state index contributed by atoms with van der Waals surface area (Å²) >= 11 is 0. The Hall–Kier alpha value is -1.12. The minimum Gasteiger partial charge on any atom is -0.454 e. The molecule has 1 saturated heterocycles. The molecule has 98 valence electrons. The van der Waals surface area contributed by atoms with Gasteiger partial charge in [-0.1, -0.05) is 13.8 Å². The zero-order chi connectivity index (χ0) is 13.1. The summed E-state index contributed by atoms with van der Waals surface area (Å²) in [5, 5.41) is 0. The van der Waals surface area contributed by atoms with Crippen molar-refractivity contribution in [1.29, 1.82) is 0 Å². The number of carbonyl (C=O) groups is 2. The first-order valence-electron chi connectivity index (χ1n) is 6.91. The van der Waals surface area contributed by atoms with Gasteiger partial charge >= 0.3 is 5.97 Å². The highest BCUT2D eigenvalue weighted by Crippen LogP contribution is 2.57. The van der Waals surface area contributed by atoms with E-state index < -0.39 is 5.60 Å². The maximum Gasteiger partial charge on any atom is 0.309 e. The molecule has 3 rings (SSSR count). The number of esters is 1. The van der Waals surface area contributed by atoms with Crippen LogP contribution in [0.4, 0.5) is 0 Å². The third-order valence-corrected chi connectivity index (χ3v) is 5.32. The second kappa shape index (κ2) is 3.69. The molecule has 3 nitrogen and oxygen atoms in total. The number of Topliss-reactive ketones (excluding diaryl/α,β-unsaturated/α-hetero) is 1. The number of ketones is 1. The predicted octanol–water partition coefficient (Wildman–Crippen LogP) is 2.50. The minimum absolute atomic E-state index is 0.0254. The second-order valence-electron chi connectivity index (χ2n) is 6.26. The molecule has 0 radical (unpaired) electrons. The first kappa shape index (κ1) is 11.9.